The zero-order valence-corrected chi connectivity index (χ0v) is 22.2. The van der Waals surface area contributed by atoms with Crippen LogP contribution in [0.15, 0.2) is 109 Å². The Balaban J connectivity index is 1.36. The summed E-state index contributed by atoms with van der Waals surface area (Å²) in [7, 11) is -0.359. The summed E-state index contributed by atoms with van der Waals surface area (Å²) in [6, 6.07) is 39.2. The Morgan fingerprint density at radius 3 is 2.05 bits per heavy atom. The molecule has 6 aromatic rings. The van der Waals surface area contributed by atoms with Gasteiger partial charge in [0, 0.05) is 16.5 Å². The Labute approximate surface area is 223 Å². The molecule has 1 saturated heterocycles. The minimum atomic E-state index is -0.359. The number of aromatic nitrogens is 1. The van der Waals surface area contributed by atoms with Gasteiger partial charge in [-0.05, 0) is 85.4 Å². The van der Waals surface area contributed by atoms with Crippen molar-refractivity contribution in [3.05, 3.63) is 109 Å². The number of fused-ring (bicyclic) bond motifs is 4. The van der Waals surface area contributed by atoms with E-state index in [-0.39, 0.29) is 18.3 Å². The van der Waals surface area contributed by atoms with E-state index in [1.165, 1.54) is 49.4 Å². The molecule has 0 bridgehead atoms. The van der Waals surface area contributed by atoms with E-state index in [2.05, 4.69) is 141 Å². The number of hydrogen-bond donors (Lipinski definition) is 0. The molecule has 38 heavy (non-hydrogen) atoms. The quantitative estimate of drug-likeness (QED) is 0.233. The SMILES string of the molecule is CC1(C)OB(c2ccc3cc(-c4cccc5c4c4ccccc4n5-c4ccccc4)ccc3c2)OC1(C)C. The lowest BCUT2D eigenvalue weighted by Crippen LogP contribution is -2.41. The van der Waals surface area contributed by atoms with Crippen LogP contribution in [0.3, 0.4) is 0 Å². The Hall–Kier alpha value is -3.86. The van der Waals surface area contributed by atoms with Crippen LogP contribution in [0.5, 0.6) is 0 Å². The van der Waals surface area contributed by atoms with Crippen LogP contribution in [0.1, 0.15) is 27.7 Å². The van der Waals surface area contributed by atoms with E-state index >= 15 is 0 Å². The van der Waals surface area contributed by atoms with Gasteiger partial charge in [0.1, 0.15) is 0 Å². The van der Waals surface area contributed by atoms with E-state index in [4.69, 9.17) is 9.31 Å². The summed E-state index contributed by atoms with van der Waals surface area (Å²) < 4.78 is 15.0. The molecule has 7 rings (SSSR count). The number of hydrogen-bond acceptors (Lipinski definition) is 2. The second kappa shape index (κ2) is 8.32. The van der Waals surface area contributed by atoms with E-state index in [1.54, 1.807) is 0 Å². The molecule has 4 heteroatoms. The molecule has 5 aromatic carbocycles. The maximum atomic E-state index is 6.30. The summed E-state index contributed by atoms with van der Waals surface area (Å²) in [6.07, 6.45) is 0. The maximum Gasteiger partial charge on any atom is 0.494 e. The van der Waals surface area contributed by atoms with Crippen LogP contribution < -0.4 is 5.46 Å². The second-order valence-corrected chi connectivity index (χ2v) is 11.3. The largest absolute Gasteiger partial charge is 0.494 e. The molecular formula is C34H30BNO2. The molecule has 0 spiro atoms. The van der Waals surface area contributed by atoms with Gasteiger partial charge >= 0.3 is 7.12 Å². The van der Waals surface area contributed by atoms with Crippen LogP contribution in [0.2, 0.25) is 0 Å². The van der Waals surface area contributed by atoms with Gasteiger partial charge in [-0.25, -0.2) is 0 Å². The zero-order valence-electron chi connectivity index (χ0n) is 22.2. The molecule has 1 aliphatic heterocycles. The second-order valence-electron chi connectivity index (χ2n) is 11.3. The Kier molecular flexibility index (Phi) is 5.10. The van der Waals surface area contributed by atoms with Crippen molar-refractivity contribution in [2.24, 2.45) is 0 Å². The molecule has 0 atom stereocenters. The fourth-order valence-corrected chi connectivity index (χ4v) is 5.67. The lowest BCUT2D eigenvalue weighted by atomic mass is 9.78. The van der Waals surface area contributed by atoms with Gasteiger partial charge in [0.15, 0.2) is 0 Å². The normalized spacial score (nSPS) is 16.6. The summed E-state index contributed by atoms with van der Waals surface area (Å²) in [4.78, 5) is 0. The lowest BCUT2D eigenvalue weighted by Gasteiger charge is -2.32. The van der Waals surface area contributed by atoms with Crippen molar-refractivity contribution in [3.63, 3.8) is 0 Å². The van der Waals surface area contributed by atoms with E-state index < -0.39 is 0 Å². The third-order valence-corrected chi connectivity index (χ3v) is 8.41. The van der Waals surface area contributed by atoms with Gasteiger partial charge in [-0.1, -0.05) is 78.9 Å². The van der Waals surface area contributed by atoms with Crippen molar-refractivity contribution >= 4 is 45.2 Å². The van der Waals surface area contributed by atoms with Crippen molar-refractivity contribution in [3.8, 4) is 16.8 Å². The number of benzene rings is 5. The molecule has 0 aliphatic carbocycles. The van der Waals surface area contributed by atoms with Crippen LogP contribution in [-0.4, -0.2) is 22.9 Å². The van der Waals surface area contributed by atoms with Crippen molar-refractivity contribution in [2.75, 3.05) is 0 Å². The molecule has 186 valence electrons. The predicted octanol–water partition coefficient (Wildman–Crippen LogP) is 7.90. The molecule has 0 amide bonds. The Morgan fingerprint density at radius 1 is 0.605 bits per heavy atom. The van der Waals surface area contributed by atoms with Crippen molar-refractivity contribution in [2.45, 2.75) is 38.9 Å². The summed E-state index contributed by atoms with van der Waals surface area (Å²) in [6.45, 7) is 8.37. The predicted molar refractivity (Wildman–Crippen MR) is 159 cm³/mol. The van der Waals surface area contributed by atoms with E-state index in [9.17, 15) is 0 Å². The van der Waals surface area contributed by atoms with Gasteiger partial charge in [-0.3, -0.25) is 0 Å². The highest BCUT2D eigenvalue weighted by Gasteiger charge is 2.51. The van der Waals surface area contributed by atoms with Gasteiger partial charge in [0.05, 0.1) is 22.2 Å². The third-order valence-electron chi connectivity index (χ3n) is 8.41. The molecule has 1 aromatic heterocycles. The fraction of sp³-hybridized carbons (Fsp3) is 0.176. The first-order valence-corrected chi connectivity index (χ1v) is 13.3. The number of rotatable bonds is 3. The van der Waals surface area contributed by atoms with Crippen molar-refractivity contribution in [1.82, 2.24) is 4.57 Å². The maximum absolute atomic E-state index is 6.30. The summed E-state index contributed by atoms with van der Waals surface area (Å²) in [5.74, 6) is 0. The van der Waals surface area contributed by atoms with Crippen molar-refractivity contribution in [1.29, 1.82) is 0 Å². The molecule has 3 nitrogen and oxygen atoms in total. The molecule has 2 heterocycles. The number of nitrogens with zero attached hydrogens (tertiary/aromatic N) is 1. The van der Waals surface area contributed by atoms with E-state index in [0.717, 1.165) is 5.46 Å². The van der Waals surface area contributed by atoms with Crippen molar-refractivity contribution < 1.29 is 9.31 Å². The van der Waals surface area contributed by atoms with Crippen LogP contribution >= 0.6 is 0 Å². The fourth-order valence-electron chi connectivity index (χ4n) is 5.67. The van der Waals surface area contributed by atoms with Crippen LogP contribution in [-0.2, 0) is 9.31 Å². The average Bonchev–Trinajstić information content (AvgIpc) is 3.38. The molecule has 0 N–H and O–H groups in total. The van der Waals surface area contributed by atoms with Crippen LogP contribution in [0.25, 0.3) is 49.4 Å². The van der Waals surface area contributed by atoms with E-state index in [1.807, 2.05) is 0 Å². The van der Waals surface area contributed by atoms with Gasteiger partial charge in [-0.15, -0.1) is 0 Å². The minimum absolute atomic E-state index is 0.353. The topological polar surface area (TPSA) is 23.4 Å². The highest BCUT2D eigenvalue weighted by Crippen LogP contribution is 2.39. The summed E-state index contributed by atoms with van der Waals surface area (Å²) in [5.41, 5.74) is 6.40. The summed E-state index contributed by atoms with van der Waals surface area (Å²) >= 11 is 0. The standard InChI is InChI=1S/C34H30BNO2/c1-33(2)34(3,4)38-35(37-33)26-20-19-23-21-25(18-17-24(23)22-26)28-14-10-16-31-32(28)29-13-8-9-15-30(29)36(31)27-11-6-5-7-12-27/h5-22H,1-4H3. The molecular weight excluding hydrogens is 465 g/mol. The van der Waals surface area contributed by atoms with Gasteiger partial charge in [0.25, 0.3) is 0 Å². The highest BCUT2D eigenvalue weighted by molar-refractivity contribution is 6.62. The van der Waals surface area contributed by atoms with Gasteiger partial charge < -0.3 is 13.9 Å². The zero-order chi connectivity index (χ0) is 26.1. The smallest absolute Gasteiger partial charge is 0.399 e. The highest BCUT2D eigenvalue weighted by atomic mass is 16.7. The first-order chi connectivity index (χ1) is 18.3. The average molecular weight is 495 g/mol. The minimum Gasteiger partial charge on any atom is -0.399 e. The molecule has 1 aliphatic rings. The Morgan fingerprint density at radius 2 is 1.26 bits per heavy atom. The molecule has 0 saturated carbocycles. The third kappa shape index (κ3) is 3.52. The van der Waals surface area contributed by atoms with Crippen LogP contribution in [0.4, 0.5) is 0 Å². The van der Waals surface area contributed by atoms with Gasteiger partial charge in [-0.2, -0.15) is 0 Å². The molecule has 0 radical (unpaired) electrons. The summed E-state index contributed by atoms with van der Waals surface area (Å²) in [5, 5.41) is 4.92. The van der Waals surface area contributed by atoms with Gasteiger partial charge in [0.2, 0.25) is 0 Å². The first kappa shape index (κ1) is 23.3. The first-order valence-electron chi connectivity index (χ1n) is 13.3. The number of para-hydroxylation sites is 2. The van der Waals surface area contributed by atoms with E-state index in [0.29, 0.717) is 0 Å². The monoisotopic (exact) mass is 495 g/mol. The molecule has 1 fully saturated rings. The Bertz CT molecular complexity index is 1820. The van der Waals surface area contributed by atoms with Crippen LogP contribution in [0, 0.1) is 0 Å². The lowest BCUT2D eigenvalue weighted by molar-refractivity contribution is 0.00578. The molecule has 0 unspecified atom stereocenters.